The predicted octanol–water partition coefficient (Wildman–Crippen LogP) is 2.96. The highest BCUT2D eigenvalue weighted by Crippen LogP contribution is 2.25. The van der Waals surface area contributed by atoms with Crippen LogP contribution in [-0.4, -0.2) is 4.57 Å². The fourth-order valence-corrected chi connectivity index (χ4v) is 2.89. The van der Waals surface area contributed by atoms with E-state index in [9.17, 15) is 4.91 Å². The first-order valence-electron chi connectivity index (χ1n) is 4.42. The van der Waals surface area contributed by atoms with Crippen molar-refractivity contribution in [1.29, 1.82) is 0 Å². The van der Waals surface area contributed by atoms with E-state index >= 15 is 0 Å². The maximum atomic E-state index is 10.1. The lowest BCUT2D eigenvalue weighted by molar-refractivity contribution is 0.755. The molecule has 4 nitrogen and oxygen atoms in total. The van der Waals surface area contributed by atoms with Gasteiger partial charge < -0.3 is 4.57 Å². The molecule has 2 rings (SSSR count). The van der Waals surface area contributed by atoms with Gasteiger partial charge in [0.15, 0.2) is 0 Å². The minimum absolute atomic E-state index is 0.579. The first-order valence-corrected chi connectivity index (χ1v) is 5.61. The largest absolute Gasteiger partial charge is 0.314 e. The standard InChI is InChI=1S/C9H8ClN3OS/c1-2-13-8-6(10)4-3-5-7(8)15-9(13)11-12-14/h3-5H,2H2,1H3. The van der Waals surface area contributed by atoms with E-state index in [2.05, 4.69) is 10.4 Å². The molecule has 0 spiro atoms. The third kappa shape index (κ3) is 1.68. The van der Waals surface area contributed by atoms with Crippen LogP contribution in [-0.2, 0) is 6.54 Å². The van der Waals surface area contributed by atoms with E-state index in [0.29, 0.717) is 16.4 Å². The quantitative estimate of drug-likeness (QED) is 0.589. The summed E-state index contributed by atoms with van der Waals surface area (Å²) in [5.41, 5.74) is 0.911. The van der Waals surface area contributed by atoms with Crippen molar-refractivity contribution in [2.24, 2.45) is 10.4 Å². The van der Waals surface area contributed by atoms with E-state index in [1.165, 1.54) is 11.3 Å². The van der Waals surface area contributed by atoms with E-state index in [0.717, 1.165) is 10.2 Å². The summed E-state index contributed by atoms with van der Waals surface area (Å²) in [5.74, 6) is 0. The van der Waals surface area contributed by atoms with Crippen LogP contribution in [0.15, 0.2) is 28.6 Å². The van der Waals surface area contributed by atoms with E-state index in [1.54, 1.807) is 0 Å². The van der Waals surface area contributed by atoms with Gasteiger partial charge in [0.25, 0.3) is 0 Å². The summed E-state index contributed by atoms with van der Waals surface area (Å²) in [5, 5.41) is 6.77. The molecule has 2 aromatic rings. The van der Waals surface area contributed by atoms with Gasteiger partial charge in [-0.05, 0) is 19.1 Å². The van der Waals surface area contributed by atoms with Gasteiger partial charge in [-0.15, -0.1) is 4.91 Å². The Bertz CT molecular complexity index is 572. The second-order valence-electron chi connectivity index (χ2n) is 2.90. The summed E-state index contributed by atoms with van der Waals surface area (Å²) >= 11 is 7.50. The maximum absolute atomic E-state index is 10.1. The summed E-state index contributed by atoms with van der Waals surface area (Å²) in [6.45, 7) is 2.68. The Morgan fingerprint density at radius 1 is 1.53 bits per heavy atom. The number of fused-ring (bicyclic) bond motifs is 1. The number of hydrogen-bond acceptors (Lipinski definition) is 3. The van der Waals surface area contributed by atoms with E-state index < -0.39 is 0 Å². The van der Waals surface area contributed by atoms with E-state index in [4.69, 9.17) is 11.6 Å². The second kappa shape index (κ2) is 4.12. The highest BCUT2D eigenvalue weighted by Gasteiger charge is 2.07. The monoisotopic (exact) mass is 241 g/mol. The molecule has 0 atom stereocenters. The van der Waals surface area contributed by atoms with Gasteiger partial charge in [-0.2, -0.15) is 0 Å². The van der Waals surface area contributed by atoms with Gasteiger partial charge in [0, 0.05) is 6.54 Å². The van der Waals surface area contributed by atoms with Crippen LogP contribution in [0, 0.1) is 4.91 Å². The van der Waals surface area contributed by atoms with Gasteiger partial charge in [0.1, 0.15) is 0 Å². The molecule has 0 aliphatic carbocycles. The Morgan fingerprint density at radius 2 is 2.33 bits per heavy atom. The SMILES string of the molecule is CCn1c(=NN=O)sc2cccc(Cl)c21. The van der Waals surface area contributed by atoms with Gasteiger partial charge in [-0.1, -0.05) is 34.1 Å². The summed E-state index contributed by atoms with van der Waals surface area (Å²) in [6.07, 6.45) is 0. The summed E-state index contributed by atoms with van der Waals surface area (Å²) in [4.78, 5) is 10.7. The molecule has 0 aliphatic rings. The number of halogens is 1. The van der Waals surface area contributed by atoms with Crippen molar-refractivity contribution in [3.63, 3.8) is 0 Å². The molecule has 0 bridgehead atoms. The van der Waals surface area contributed by atoms with Crippen LogP contribution < -0.4 is 4.80 Å². The fraction of sp³-hybridized carbons (Fsp3) is 0.222. The molecule has 0 unspecified atom stereocenters. The Balaban J connectivity index is 2.92. The zero-order valence-electron chi connectivity index (χ0n) is 7.98. The van der Waals surface area contributed by atoms with E-state index in [-0.39, 0.29) is 0 Å². The first kappa shape index (κ1) is 10.3. The topological polar surface area (TPSA) is 46.7 Å². The number of thiazole rings is 1. The number of aromatic nitrogens is 1. The third-order valence-electron chi connectivity index (χ3n) is 2.09. The van der Waals surface area contributed by atoms with Gasteiger partial charge >= 0.3 is 0 Å². The lowest BCUT2D eigenvalue weighted by Crippen LogP contribution is -2.12. The average Bonchev–Trinajstić information content (AvgIpc) is 2.57. The third-order valence-corrected chi connectivity index (χ3v) is 3.43. The lowest BCUT2D eigenvalue weighted by atomic mass is 10.3. The summed E-state index contributed by atoms with van der Waals surface area (Å²) in [6, 6.07) is 5.64. The highest BCUT2D eigenvalue weighted by molar-refractivity contribution is 7.16. The molecule has 0 fully saturated rings. The predicted molar refractivity (Wildman–Crippen MR) is 61.9 cm³/mol. The molecular weight excluding hydrogens is 234 g/mol. The first-order chi connectivity index (χ1) is 7.27. The molecule has 1 aromatic heterocycles. The van der Waals surface area contributed by atoms with Crippen LogP contribution in [0.3, 0.4) is 0 Å². The van der Waals surface area contributed by atoms with Crippen LogP contribution in [0.25, 0.3) is 10.2 Å². The Morgan fingerprint density at radius 3 is 3.00 bits per heavy atom. The van der Waals surface area contributed by atoms with Crippen LogP contribution >= 0.6 is 22.9 Å². The van der Waals surface area contributed by atoms with Crippen LogP contribution in [0.4, 0.5) is 0 Å². The highest BCUT2D eigenvalue weighted by atomic mass is 35.5. The zero-order valence-corrected chi connectivity index (χ0v) is 9.55. The molecule has 0 saturated heterocycles. The van der Waals surface area contributed by atoms with Crippen LogP contribution in [0.2, 0.25) is 5.02 Å². The zero-order chi connectivity index (χ0) is 10.8. The number of para-hydroxylation sites is 1. The molecule has 0 N–H and O–H groups in total. The van der Waals surface area contributed by atoms with Crippen molar-refractivity contribution in [2.75, 3.05) is 0 Å². The smallest absolute Gasteiger partial charge is 0.215 e. The Labute approximate surface area is 94.8 Å². The molecule has 0 aliphatic heterocycles. The number of hydrogen-bond donors (Lipinski definition) is 0. The molecule has 6 heteroatoms. The molecule has 0 saturated carbocycles. The number of rotatable bonds is 2. The fourth-order valence-electron chi connectivity index (χ4n) is 1.49. The van der Waals surface area contributed by atoms with Gasteiger partial charge in [-0.3, -0.25) is 0 Å². The van der Waals surface area contributed by atoms with Gasteiger partial charge in [-0.25, -0.2) is 0 Å². The number of nitrogens with zero attached hydrogens (tertiary/aromatic N) is 3. The molecule has 0 radical (unpaired) electrons. The number of aryl methyl sites for hydroxylation is 1. The van der Waals surface area contributed by atoms with Crippen molar-refractivity contribution >= 4 is 33.2 Å². The molecular formula is C9H8ClN3OS. The minimum Gasteiger partial charge on any atom is -0.314 e. The number of benzene rings is 1. The Hall–Kier alpha value is -1.20. The molecule has 15 heavy (non-hydrogen) atoms. The van der Waals surface area contributed by atoms with Crippen LogP contribution in [0.1, 0.15) is 6.92 Å². The van der Waals surface area contributed by atoms with Crippen molar-refractivity contribution in [2.45, 2.75) is 13.5 Å². The van der Waals surface area contributed by atoms with E-state index in [1.807, 2.05) is 29.7 Å². The molecule has 1 heterocycles. The Kier molecular flexibility index (Phi) is 2.83. The summed E-state index contributed by atoms with van der Waals surface area (Å²) in [7, 11) is 0. The minimum atomic E-state index is 0.579. The van der Waals surface area contributed by atoms with Crippen molar-refractivity contribution in [3.8, 4) is 0 Å². The second-order valence-corrected chi connectivity index (χ2v) is 4.31. The average molecular weight is 242 g/mol. The summed E-state index contributed by atoms with van der Waals surface area (Å²) < 4.78 is 2.88. The maximum Gasteiger partial charge on any atom is 0.215 e. The molecule has 1 aromatic carbocycles. The van der Waals surface area contributed by atoms with Crippen molar-refractivity contribution in [1.82, 2.24) is 4.57 Å². The van der Waals surface area contributed by atoms with Crippen molar-refractivity contribution < 1.29 is 0 Å². The lowest BCUT2D eigenvalue weighted by Gasteiger charge is -2.00. The van der Waals surface area contributed by atoms with Crippen molar-refractivity contribution in [3.05, 3.63) is 32.9 Å². The molecule has 78 valence electrons. The number of nitroso groups, excluding NO2 is 1. The molecule has 0 amide bonds. The van der Waals surface area contributed by atoms with Gasteiger partial charge in [0.05, 0.1) is 20.5 Å². The van der Waals surface area contributed by atoms with Crippen LogP contribution in [0.5, 0.6) is 0 Å². The normalized spacial score (nSPS) is 12.3. The van der Waals surface area contributed by atoms with Gasteiger partial charge in [0.2, 0.25) is 4.80 Å².